The summed E-state index contributed by atoms with van der Waals surface area (Å²) >= 11 is 0. The summed E-state index contributed by atoms with van der Waals surface area (Å²) in [5.41, 5.74) is 0.295. The van der Waals surface area contributed by atoms with Gasteiger partial charge in [0, 0.05) is 32.1 Å². The molecule has 2 rings (SSSR count). The molecule has 0 aromatic carbocycles. The van der Waals surface area contributed by atoms with Gasteiger partial charge in [-0.05, 0) is 5.41 Å². The van der Waals surface area contributed by atoms with E-state index in [0.29, 0.717) is 11.5 Å². The Morgan fingerprint density at radius 1 is 1.50 bits per heavy atom. The number of hydrogen-bond acceptors (Lipinski definition) is 4. The van der Waals surface area contributed by atoms with Gasteiger partial charge < -0.3 is 9.73 Å². The minimum Gasteiger partial charge on any atom is -0.444 e. The second-order valence-electron chi connectivity index (χ2n) is 6.18. The minimum atomic E-state index is 0.295. The molecule has 18 heavy (non-hydrogen) atoms. The van der Waals surface area contributed by atoms with Gasteiger partial charge in [0.2, 0.25) is 5.89 Å². The SMILES string of the molecule is CCc1cnc(CN2CCNC(C(C)(C)C)C2)o1. The molecule has 4 nitrogen and oxygen atoms in total. The van der Waals surface area contributed by atoms with Crippen LogP contribution < -0.4 is 5.32 Å². The molecular weight excluding hydrogens is 226 g/mol. The topological polar surface area (TPSA) is 41.3 Å². The Morgan fingerprint density at radius 3 is 2.89 bits per heavy atom. The highest BCUT2D eigenvalue weighted by Crippen LogP contribution is 2.22. The van der Waals surface area contributed by atoms with Gasteiger partial charge in [0.15, 0.2) is 0 Å². The summed E-state index contributed by atoms with van der Waals surface area (Å²) in [6.07, 6.45) is 2.76. The molecule has 0 spiro atoms. The highest BCUT2D eigenvalue weighted by molar-refractivity contribution is 4.95. The zero-order chi connectivity index (χ0) is 13.2. The van der Waals surface area contributed by atoms with E-state index in [9.17, 15) is 0 Å². The van der Waals surface area contributed by atoms with Crippen LogP contribution in [0.1, 0.15) is 39.3 Å². The Hall–Kier alpha value is -0.870. The summed E-state index contributed by atoms with van der Waals surface area (Å²) in [6, 6.07) is 0.534. The third-order valence-electron chi connectivity index (χ3n) is 3.61. The van der Waals surface area contributed by atoms with Crippen molar-refractivity contribution in [1.29, 1.82) is 0 Å². The molecule has 4 heteroatoms. The van der Waals surface area contributed by atoms with Gasteiger partial charge in [0.05, 0.1) is 12.7 Å². The van der Waals surface area contributed by atoms with Crippen molar-refractivity contribution in [2.75, 3.05) is 19.6 Å². The highest BCUT2D eigenvalue weighted by atomic mass is 16.4. The van der Waals surface area contributed by atoms with Gasteiger partial charge >= 0.3 is 0 Å². The summed E-state index contributed by atoms with van der Waals surface area (Å²) < 4.78 is 5.68. The zero-order valence-electron chi connectivity index (χ0n) is 12.0. The average molecular weight is 251 g/mol. The molecule has 1 saturated heterocycles. The van der Waals surface area contributed by atoms with Crippen molar-refractivity contribution in [3.05, 3.63) is 17.8 Å². The molecule has 0 radical (unpaired) electrons. The molecule has 0 saturated carbocycles. The number of rotatable bonds is 3. The van der Waals surface area contributed by atoms with Gasteiger partial charge in [-0.3, -0.25) is 4.90 Å². The molecule has 1 atom stereocenters. The van der Waals surface area contributed by atoms with E-state index < -0.39 is 0 Å². The van der Waals surface area contributed by atoms with Crippen LogP contribution in [0.5, 0.6) is 0 Å². The molecule has 1 aromatic heterocycles. The summed E-state index contributed by atoms with van der Waals surface area (Å²) in [5, 5.41) is 3.60. The van der Waals surface area contributed by atoms with E-state index in [4.69, 9.17) is 4.42 Å². The summed E-state index contributed by atoms with van der Waals surface area (Å²) in [4.78, 5) is 6.77. The number of nitrogens with one attached hydrogen (secondary N) is 1. The highest BCUT2D eigenvalue weighted by Gasteiger charge is 2.29. The smallest absolute Gasteiger partial charge is 0.208 e. The normalized spacial score (nSPS) is 22.3. The first kappa shape index (κ1) is 13.6. The van der Waals surface area contributed by atoms with E-state index in [1.165, 1.54) is 0 Å². The lowest BCUT2D eigenvalue weighted by Gasteiger charge is -2.40. The van der Waals surface area contributed by atoms with Crippen molar-refractivity contribution < 1.29 is 4.42 Å². The third-order valence-corrected chi connectivity index (χ3v) is 3.61. The van der Waals surface area contributed by atoms with Crippen molar-refractivity contribution in [2.45, 2.75) is 46.7 Å². The van der Waals surface area contributed by atoms with Gasteiger partial charge in [-0.1, -0.05) is 27.7 Å². The average Bonchev–Trinajstić information content (AvgIpc) is 2.76. The second kappa shape index (κ2) is 5.41. The van der Waals surface area contributed by atoms with Crippen LogP contribution in [-0.2, 0) is 13.0 Å². The Balaban J connectivity index is 1.93. The predicted octanol–water partition coefficient (Wildman–Crippen LogP) is 2.06. The van der Waals surface area contributed by atoms with E-state index in [1.807, 2.05) is 6.20 Å². The van der Waals surface area contributed by atoms with Gasteiger partial charge in [0.1, 0.15) is 5.76 Å². The van der Waals surface area contributed by atoms with Crippen LogP contribution in [0.3, 0.4) is 0 Å². The fraction of sp³-hybridized carbons (Fsp3) is 0.786. The molecule has 0 amide bonds. The van der Waals surface area contributed by atoms with Crippen LogP contribution in [0.25, 0.3) is 0 Å². The van der Waals surface area contributed by atoms with Crippen LogP contribution >= 0.6 is 0 Å². The number of aromatic nitrogens is 1. The molecule has 1 N–H and O–H groups in total. The molecule has 102 valence electrons. The van der Waals surface area contributed by atoms with Crippen LogP contribution in [0.4, 0.5) is 0 Å². The maximum Gasteiger partial charge on any atom is 0.208 e. The first-order chi connectivity index (χ1) is 8.49. The molecule has 1 aliphatic heterocycles. The van der Waals surface area contributed by atoms with E-state index in [1.54, 1.807) is 0 Å². The van der Waals surface area contributed by atoms with E-state index in [-0.39, 0.29) is 0 Å². The van der Waals surface area contributed by atoms with E-state index >= 15 is 0 Å². The molecule has 1 aliphatic rings. The van der Waals surface area contributed by atoms with Crippen LogP contribution in [0.15, 0.2) is 10.6 Å². The number of aryl methyl sites for hydroxylation is 1. The largest absolute Gasteiger partial charge is 0.444 e. The maximum absolute atomic E-state index is 5.68. The molecule has 1 unspecified atom stereocenters. The first-order valence-electron chi connectivity index (χ1n) is 6.88. The fourth-order valence-electron chi connectivity index (χ4n) is 2.31. The van der Waals surface area contributed by atoms with Crippen LogP contribution in [0, 0.1) is 5.41 Å². The van der Waals surface area contributed by atoms with Gasteiger partial charge in [-0.2, -0.15) is 0 Å². The Morgan fingerprint density at radius 2 is 2.28 bits per heavy atom. The molecule has 0 bridgehead atoms. The van der Waals surface area contributed by atoms with Gasteiger partial charge in [-0.25, -0.2) is 4.98 Å². The molecule has 1 aromatic rings. The van der Waals surface area contributed by atoms with Crippen molar-refractivity contribution in [3.63, 3.8) is 0 Å². The standard InChI is InChI=1S/C14H25N3O/c1-5-11-8-16-13(18-11)10-17-7-6-15-12(9-17)14(2,3)4/h8,12,15H,5-7,9-10H2,1-4H3. The Bertz CT molecular complexity index is 381. The lowest BCUT2D eigenvalue weighted by atomic mass is 9.85. The number of piperazine rings is 1. The van der Waals surface area contributed by atoms with E-state index in [0.717, 1.165) is 44.3 Å². The second-order valence-corrected chi connectivity index (χ2v) is 6.18. The van der Waals surface area contributed by atoms with Gasteiger partial charge in [-0.15, -0.1) is 0 Å². The van der Waals surface area contributed by atoms with Crippen molar-refractivity contribution >= 4 is 0 Å². The zero-order valence-corrected chi connectivity index (χ0v) is 12.0. The predicted molar refractivity (Wildman–Crippen MR) is 72.4 cm³/mol. The minimum absolute atomic E-state index is 0.295. The summed E-state index contributed by atoms with van der Waals surface area (Å²) in [5.74, 6) is 1.83. The van der Waals surface area contributed by atoms with Gasteiger partial charge in [0.25, 0.3) is 0 Å². The number of nitrogens with zero attached hydrogens (tertiary/aromatic N) is 2. The maximum atomic E-state index is 5.68. The third kappa shape index (κ3) is 3.33. The molecule has 1 fully saturated rings. The quantitative estimate of drug-likeness (QED) is 0.893. The number of oxazole rings is 1. The lowest BCUT2D eigenvalue weighted by Crippen LogP contribution is -2.55. The van der Waals surface area contributed by atoms with Crippen molar-refractivity contribution in [2.24, 2.45) is 5.41 Å². The molecule has 0 aliphatic carbocycles. The van der Waals surface area contributed by atoms with E-state index in [2.05, 4.69) is 42.9 Å². The Kier molecular flexibility index (Phi) is 4.07. The number of hydrogen-bond donors (Lipinski definition) is 1. The first-order valence-corrected chi connectivity index (χ1v) is 6.88. The summed E-state index contributed by atoms with van der Waals surface area (Å²) in [6.45, 7) is 12.9. The van der Waals surface area contributed by atoms with Crippen molar-refractivity contribution in [3.8, 4) is 0 Å². The lowest BCUT2D eigenvalue weighted by molar-refractivity contribution is 0.121. The van der Waals surface area contributed by atoms with Crippen molar-refractivity contribution in [1.82, 2.24) is 15.2 Å². The monoisotopic (exact) mass is 251 g/mol. The molecular formula is C14H25N3O. The van der Waals surface area contributed by atoms with Crippen LogP contribution in [-0.4, -0.2) is 35.6 Å². The fourth-order valence-corrected chi connectivity index (χ4v) is 2.31. The Labute approximate surface area is 110 Å². The van der Waals surface area contributed by atoms with Crippen LogP contribution in [0.2, 0.25) is 0 Å². The summed E-state index contributed by atoms with van der Waals surface area (Å²) in [7, 11) is 0. The molecule has 2 heterocycles.